The minimum absolute atomic E-state index is 0.314. The highest BCUT2D eigenvalue weighted by Gasteiger charge is 2.13. The molecule has 92 valence electrons. The lowest BCUT2D eigenvalue weighted by molar-refractivity contribution is 0.235. The van der Waals surface area contributed by atoms with Crippen LogP contribution in [0.15, 0.2) is 0 Å². The lowest BCUT2D eigenvalue weighted by Crippen LogP contribution is -2.32. The van der Waals surface area contributed by atoms with E-state index in [0.29, 0.717) is 17.9 Å². The summed E-state index contributed by atoms with van der Waals surface area (Å²) in [6, 6.07) is 0. The van der Waals surface area contributed by atoms with Crippen LogP contribution in [0, 0.1) is 17.3 Å². The molecule has 0 saturated carbocycles. The number of nitrogens with one attached hydrogen (secondary N) is 1. The standard InChI is InChI=1S/C13H29NO/c1-11(2)8-12(6-7-15)9-14-10-13(3,4)5/h11-12,14-15H,6-10H2,1-5H3/t12-/m1/s1. The van der Waals surface area contributed by atoms with E-state index in [1.165, 1.54) is 6.42 Å². The average molecular weight is 215 g/mol. The Morgan fingerprint density at radius 3 is 2.20 bits per heavy atom. The van der Waals surface area contributed by atoms with Crippen molar-refractivity contribution in [3.8, 4) is 0 Å². The molecule has 2 heteroatoms. The Bertz CT molecular complexity index is 149. The maximum Gasteiger partial charge on any atom is 0.0434 e. The number of hydrogen-bond acceptors (Lipinski definition) is 2. The molecular weight excluding hydrogens is 186 g/mol. The molecule has 0 radical (unpaired) electrons. The Morgan fingerprint density at radius 2 is 1.80 bits per heavy atom. The predicted octanol–water partition coefficient (Wildman–Crippen LogP) is 2.67. The molecule has 0 saturated heterocycles. The summed E-state index contributed by atoms with van der Waals surface area (Å²) in [6.45, 7) is 13.6. The van der Waals surface area contributed by atoms with Gasteiger partial charge in [-0.15, -0.1) is 0 Å². The highest BCUT2D eigenvalue weighted by molar-refractivity contribution is 4.69. The van der Waals surface area contributed by atoms with E-state index in [0.717, 1.165) is 25.4 Å². The molecule has 0 fully saturated rings. The third-order valence-electron chi connectivity index (χ3n) is 2.43. The van der Waals surface area contributed by atoms with Gasteiger partial charge in [-0.2, -0.15) is 0 Å². The fourth-order valence-corrected chi connectivity index (χ4v) is 1.80. The molecule has 0 aliphatic rings. The van der Waals surface area contributed by atoms with Crippen LogP contribution in [-0.2, 0) is 0 Å². The monoisotopic (exact) mass is 215 g/mol. The Hall–Kier alpha value is -0.0800. The lowest BCUT2D eigenvalue weighted by Gasteiger charge is -2.23. The van der Waals surface area contributed by atoms with Crippen molar-refractivity contribution in [3.05, 3.63) is 0 Å². The number of hydrogen-bond donors (Lipinski definition) is 2. The van der Waals surface area contributed by atoms with Gasteiger partial charge in [0, 0.05) is 6.61 Å². The Kier molecular flexibility index (Phi) is 7.20. The van der Waals surface area contributed by atoms with Crippen LogP contribution in [0.2, 0.25) is 0 Å². The lowest BCUT2D eigenvalue weighted by atomic mass is 9.93. The molecule has 1 atom stereocenters. The van der Waals surface area contributed by atoms with Crippen LogP contribution >= 0.6 is 0 Å². The summed E-state index contributed by atoms with van der Waals surface area (Å²) in [6.07, 6.45) is 2.13. The van der Waals surface area contributed by atoms with E-state index in [1.54, 1.807) is 0 Å². The highest BCUT2D eigenvalue weighted by atomic mass is 16.3. The molecule has 0 aromatic rings. The molecule has 0 heterocycles. The third kappa shape index (κ3) is 10.2. The Labute approximate surface area is 95.5 Å². The summed E-state index contributed by atoms with van der Waals surface area (Å²) in [5.74, 6) is 1.34. The molecule has 0 aromatic heterocycles. The van der Waals surface area contributed by atoms with Crippen molar-refractivity contribution in [1.29, 1.82) is 0 Å². The van der Waals surface area contributed by atoms with Gasteiger partial charge in [-0.25, -0.2) is 0 Å². The first kappa shape index (κ1) is 14.9. The second-order valence-electron chi connectivity index (χ2n) is 6.20. The second kappa shape index (κ2) is 7.24. The second-order valence-corrected chi connectivity index (χ2v) is 6.20. The predicted molar refractivity (Wildman–Crippen MR) is 67.0 cm³/mol. The van der Waals surface area contributed by atoms with Crippen LogP contribution in [0.25, 0.3) is 0 Å². The molecule has 2 N–H and O–H groups in total. The third-order valence-corrected chi connectivity index (χ3v) is 2.43. The fourth-order valence-electron chi connectivity index (χ4n) is 1.80. The van der Waals surface area contributed by atoms with E-state index < -0.39 is 0 Å². The fraction of sp³-hybridized carbons (Fsp3) is 1.00. The molecule has 0 aliphatic carbocycles. The van der Waals surface area contributed by atoms with E-state index in [9.17, 15) is 0 Å². The maximum absolute atomic E-state index is 8.98. The summed E-state index contributed by atoms with van der Waals surface area (Å²) in [5.41, 5.74) is 0.349. The zero-order valence-corrected chi connectivity index (χ0v) is 11.1. The zero-order valence-electron chi connectivity index (χ0n) is 11.1. The van der Waals surface area contributed by atoms with Crippen LogP contribution in [-0.4, -0.2) is 24.8 Å². The van der Waals surface area contributed by atoms with E-state index in [1.807, 2.05) is 0 Å². The molecule has 15 heavy (non-hydrogen) atoms. The van der Waals surface area contributed by atoms with Crippen LogP contribution in [0.3, 0.4) is 0 Å². The highest BCUT2D eigenvalue weighted by Crippen LogP contribution is 2.15. The topological polar surface area (TPSA) is 32.3 Å². The first-order valence-corrected chi connectivity index (χ1v) is 6.16. The van der Waals surface area contributed by atoms with Crippen molar-refractivity contribution < 1.29 is 5.11 Å². The van der Waals surface area contributed by atoms with Gasteiger partial charge < -0.3 is 10.4 Å². The average Bonchev–Trinajstić information content (AvgIpc) is 2.00. The minimum Gasteiger partial charge on any atom is -0.396 e. The van der Waals surface area contributed by atoms with Crippen molar-refractivity contribution in [1.82, 2.24) is 5.32 Å². The number of aliphatic hydroxyl groups is 1. The van der Waals surface area contributed by atoms with Gasteiger partial charge in [0.2, 0.25) is 0 Å². The molecule has 0 bridgehead atoms. The van der Waals surface area contributed by atoms with Crippen LogP contribution in [0.5, 0.6) is 0 Å². The van der Waals surface area contributed by atoms with Gasteiger partial charge in [0.05, 0.1) is 0 Å². The van der Waals surface area contributed by atoms with Crippen molar-refractivity contribution in [3.63, 3.8) is 0 Å². The first-order chi connectivity index (χ1) is 6.85. The molecule has 0 spiro atoms. The molecule has 2 nitrogen and oxygen atoms in total. The van der Waals surface area contributed by atoms with Gasteiger partial charge in [-0.05, 0) is 43.2 Å². The summed E-state index contributed by atoms with van der Waals surface area (Å²) in [7, 11) is 0. The molecule has 0 aromatic carbocycles. The van der Waals surface area contributed by atoms with Gasteiger partial charge in [-0.3, -0.25) is 0 Å². The Morgan fingerprint density at radius 1 is 1.20 bits per heavy atom. The van der Waals surface area contributed by atoms with E-state index >= 15 is 0 Å². The number of aliphatic hydroxyl groups excluding tert-OH is 1. The van der Waals surface area contributed by atoms with Crippen LogP contribution in [0.4, 0.5) is 0 Å². The normalized spacial score (nSPS) is 14.6. The smallest absolute Gasteiger partial charge is 0.0434 e. The van der Waals surface area contributed by atoms with Gasteiger partial charge in [0.15, 0.2) is 0 Å². The maximum atomic E-state index is 8.98. The van der Waals surface area contributed by atoms with Gasteiger partial charge in [0.1, 0.15) is 0 Å². The van der Waals surface area contributed by atoms with E-state index in [4.69, 9.17) is 5.11 Å². The van der Waals surface area contributed by atoms with Gasteiger partial charge in [0.25, 0.3) is 0 Å². The van der Waals surface area contributed by atoms with Gasteiger partial charge in [-0.1, -0.05) is 34.6 Å². The molecule has 0 unspecified atom stereocenters. The zero-order chi connectivity index (χ0) is 11.9. The van der Waals surface area contributed by atoms with E-state index in [-0.39, 0.29) is 0 Å². The molecule has 0 aliphatic heterocycles. The van der Waals surface area contributed by atoms with Crippen molar-refractivity contribution in [2.45, 2.75) is 47.5 Å². The van der Waals surface area contributed by atoms with Crippen molar-refractivity contribution in [2.24, 2.45) is 17.3 Å². The van der Waals surface area contributed by atoms with Gasteiger partial charge >= 0.3 is 0 Å². The van der Waals surface area contributed by atoms with Crippen LogP contribution in [0.1, 0.15) is 47.5 Å². The summed E-state index contributed by atoms with van der Waals surface area (Å²) in [4.78, 5) is 0. The number of rotatable bonds is 7. The summed E-state index contributed by atoms with van der Waals surface area (Å²) in [5, 5.41) is 12.5. The SMILES string of the molecule is CC(C)C[C@@H](CCO)CNCC(C)(C)C. The quantitative estimate of drug-likeness (QED) is 0.684. The molecule has 0 amide bonds. The van der Waals surface area contributed by atoms with Crippen molar-refractivity contribution >= 4 is 0 Å². The summed E-state index contributed by atoms with van der Waals surface area (Å²) >= 11 is 0. The molecule has 0 rings (SSSR count). The minimum atomic E-state index is 0.314. The first-order valence-electron chi connectivity index (χ1n) is 6.16. The largest absolute Gasteiger partial charge is 0.396 e. The van der Waals surface area contributed by atoms with Crippen LogP contribution < -0.4 is 5.32 Å². The Balaban J connectivity index is 3.75. The molecular formula is C13H29NO. The van der Waals surface area contributed by atoms with Crippen molar-refractivity contribution in [2.75, 3.05) is 19.7 Å². The summed E-state index contributed by atoms with van der Waals surface area (Å²) < 4.78 is 0. The van der Waals surface area contributed by atoms with E-state index in [2.05, 4.69) is 39.9 Å².